The fourth-order valence-corrected chi connectivity index (χ4v) is 2.00. The first kappa shape index (κ1) is 14.5. The molecule has 0 spiro atoms. The maximum Gasteiger partial charge on any atom is 0.159 e. The van der Waals surface area contributed by atoms with Crippen LogP contribution in [0, 0.1) is 12.3 Å². The van der Waals surface area contributed by atoms with E-state index in [9.17, 15) is 5.11 Å². The minimum atomic E-state index is -0.967. The van der Waals surface area contributed by atoms with Gasteiger partial charge in [-0.1, -0.05) is 25.7 Å². The highest BCUT2D eigenvalue weighted by Crippen LogP contribution is 2.24. The maximum atomic E-state index is 10.3. The molecule has 3 heteroatoms. The van der Waals surface area contributed by atoms with Gasteiger partial charge >= 0.3 is 0 Å². The van der Waals surface area contributed by atoms with Crippen molar-refractivity contribution in [2.45, 2.75) is 70.4 Å². The van der Waals surface area contributed by atoms with Gasteiger partial charge in [-0.05, 0) is 32.6 Å². The highest BCUT2D eigenvalue weighted by atomic mass is 16.7. The average molecular weight is 240 g/mol. The molecule has 1 aliphatic rings. The molecule has 17 heavy (non-hydrogen) atoms. The van der Waals surface area contributed by atoms with Crippen LogP contribution < -0.4 is 0 Å². The molecule has 0 radical (unpaired) electrons. The fraction of sp³-hybridized carbons (Fsp3) is 0.857. The molecule has 0 saturated carbocycles. The lowest BCUT2D eigenvalue weighted by atomic mass is 9.93. The Morgan fingerprint density at radius 1 is 1.59 bits per heavy atom. The minimum absolute atomic E-state index is 0.252. The molecule has 1 saturated heterocycles. The smallest absolute Gasteiger partial charge is 0.159 e. The summed E-state index contributed by atoms with van der Waals surface area (Å²) in [6.07, 6.45) is 10.3. The summed E-state index contributed by atoms with van der Waals surface area (Å²) >= 11 is 0. The molecular formula is C14H24O3. The van der Waals surface area contributed by atoms with Crippen LogP contribution in [0.3, 0.4) is 0 Å². The van der Waals surface area contributed by atoms with E-state index in [-0.39, 0.29) is 6.29 Å². The van der Waals surface area contributed by atoms with Gasteiger partial charge in [-0.25, -0.2) is 0 Å². The summed E-state index contributed by atoms with van der Waals surface area (Å²) in [5.74, 6) is 2.55. The third-order valence-electron chi connectivity index (χ3n) is 3.18. The Balaban J connectivity index is 2.48. The molecule has 0 aromatic rings. The van der Waals surface area contributed by atoms with Crippen LogP contribution in [-0.4, -0.2) is 29.7 Å². The van der Waals surface area contributed by atoms with Crippen molar-refractivity contribution in [2.24, 2.45) is 0 Å². The number of aliphatic hydroxyl groups is 1. The predicted octanol–water partition coefficient (Wildman–Crippen LogP) is 2.47. The van der Waals surface area contributed by atoms with E-state index >= 15 is 0 Å². The van der Waals surface area contributed by atoms with Crippen LogP contribution in [0.4, 0.5) is 0 Å². The van der Waals surface area contributed by atoms with E-state index in [1.807, 2.05) is 0 Å². The van der Waals surface area contributed by atoms with Crippen LogP contribution in [0.5, 0.6) is 0 Å². The zero-order valence-corrected chi connectivity index (χ0v) is 10.9. The summed E-state index contributed by atoms with van der Waals surface area (Å²) in [6.45, 7) is 4.56. The van der Waals surface area contributed by atoms with E-state index in [2.05, 4.69) is 12.8 Å². The van der Waals surface area contributed by atoms with Crippen LogP contribution >= 0.6 is 0 Å². The van der Waals surface area contributed by atoms with Gasteiger partial charge in [-0.2, -0.15) is 0 Å². The molecule has 0 aromatic carbocycles. The van der Waals surface area contributed by atoms with Crippen molar-refractivity contribution >= 4 is 0 Å². The maximum absolute atomic E-state index is 10.3. The first-order valence-corrected chi connectivity index (χ1v) is 6.55. The Morgan fingerprint density at radius 3 is 2.88 bits per heavy atom. The highest BCUT2D eigenvalue weighted by molar-refractivity contribution is 5.04. The number of terminal acetylenes is 1. The van der Waals surface area contributed by atoms with E-state index < -0.39 is 11.7 Å². The van der Waals surface area contributed by atoms with Gasteiger partial charge in [0.2, 0.25) is 0 Å². The molecule has 3 atom stereocenters. The lowest BCUT2D eigenvalue weighted by Gasteiger charge is -2.33. The van der Waals surface area contributed by atoms with Gasteiger partial charge in [0.1, 0.15) is 6.10 Å². The summed E-state index contributed by atoms with van der Waals surface area (Å²) in [7, 11) is 0. The van der Waals surface area contributed by atoms with E-state index in [1.54, 1.807) is 6.92 Å². The molecule has 98 valence electrons. The summed E-state index contributed by atoms with van der Waals surface area (Å²) < 4.78 is 11.2. The van der Waals surface area contributed by atoms with Gasteiger partial charge in [0, 0.05) is 6.61 Å². The first-order chi connectivity index (χ1) is 8.10. The Bertz CT molecular complexity index is 249. The lowest BCUT2D eigenvalue weighted by molar-refractivity contribution is -0.210. The standard InChI is InChI=1S/C14H24O3/c1-4-6-10-14(3,15)12(5-2)17-13-9-7-8-11-16-13/h2,12-13,15H,4,6-11H2,1,3H3. The average Bonchev–Trinajstić information content (AvgIpc) is 2.34. The molecule has 1 N–H and O–H groups in total. The highest BCUT2D eigenvalue weighted by Gasteiger charge is 2.33. The Morgan fingerprint density at radius 2 is 2.35 bits per heavy atom. The van der Waals surface area contributed by atoms with Crippen LogP contribution in [0.1, 0.15) is 52.4 Å². The van der Waals surface area contributed by atoms with E-state index in [1.165, 1.54) is 0 Å². The summed E-state index contributed by atoms with van der Waals surface area (Å²) in [4.78, 5) is 0. The minimum Gasteiger partial charge on any atom is -0.386 e. The van der Waals surface area contributed by atoms with Crippen molar-refractivity contribution < 1.29 is 14.6 Å². The lowest BCUT2D eigenvalue weighted by Crippen LogP contribution is -2.43. The van der Waals surface area contributed by atoms with Crippen molar-refractivity contribution in [1.29, 1.82) is 0 Å². The van der Waals surface area contributed by atoms with Gasteiger partial charge in [-0.15, -0.1) is 6.42 Å². The monoisotopic (exact) mass is 240 g/mol. The van der Waals surface area contributed by atoms with Crippen LogP contribution in [0.2, 0.25) is 0 Å². The van der Waals surface area contributed by atoms with Crippen LogP contribution in [0.25, 0.3) is 0 Å². The normalized spacial score (nSPS) is 25.9. The van der Waals surface area contributed by atoms with Gasteiger partial charge in [0.15, 0.2) is 6.29 Å². The molecule has 0 aromatic heterocycles. The molecule has 1 rings (SSSR count). The Kier molecular flexibility index (Phi) is 5.97. The molecule has 0 aliphatic carbocycles. The summed E-state index contributed by atoms with van der Waals surface area (Å²) in [6, 6.07) is 0. The number of hydrogen-bond acceptors (Lipinski definition) is 3. The SMILES string of the molecule is C#CC(OC1CCCCO1)C(C)(O)CCCC. The number of hydrogen-bond donors (Lipinski definition) is 1. The molecular weight excluding hydrogens is 216 g/mol. The zero-order chi connectivity index (χ0) is 12.7. The summed E-state index contributed by atoms with van der Waals surface area (Å²) in [5.41, 5.74) is -0.967. The second kappa shape index (κ2) is 7.00. The first-order valence-electron chi connectivity index (χ1n) is 6.55. The van der Waals surface area contributed by atoms with Crippen molar-refractivity contribution in [1.82, 2.24) is 0 Å². The molecule has 1 fully saturated rings. The fourth-order valence-electron chi connectivity index (χ4n) is 2.00. The van der Waals surface area contributed by atoms with Crippen molar-refractivity contribution in [3.63, 3.8) is 0 Å². The van der Waals surface area contributed by atoms with Gasteiger partial charge in [0.05, 0.1) is 5.60 Å². The van der Waals surface area contributed by atoms with Crippen molar-refractivity contribution in [3.05, 3.63) is 0 Å². The van der Waals surface area contributed by atoms with E-state index in [0.717, 1.165) is 38.7 Å². The third kappa shape index (κ3) is 4.67. The Labute approximate surface area is 104 Å². The number of unbranched alkanes of at least 4 members (excludes halogenated alkanes) is 1. The molecule has 0 amide bonds. The van der Waals surface area contributed by atoms with Gasteiger partial charge in [0.25, 0.3) is 0 Å². The van der Waals surface area contributed by atoms with Crippen molar-refractivity contribution in [3.8, 4) is 12.3 Å². The quantitative estimate of drug-likeness (QED) is 0.725. The molecule has 3 nitrogen and oxygen atoms in total. The predicted molar refractivity (Wildman–Crippen MR) is 67.4 cm³/mol. The second-order valence-corrected chi connectivity index (χ2v) is 4.94. The topological polar surface area (TPSA) is 38.7 Å². The molecule has 0 bridgehead atoms. The number of rotatable bonds is 6. The largest absolute Gasteiger partial charge is 0.386 e. The molecule has 1 aliphatic heterocycles. The van der Waals surface area contributed by atoms with Crippen LogP contribution in [0.15, 0.2) is 0 Å². The molecule has 3 unspecified atom stereocenters. The number of ether oxygens (including phenoxy) is 2. The van der Waals surface area contributed by atoms with E-state index in [4.69, 9.17) is 15.9 Å². The summed E-state index contributed by atoms with van der Waals surface area (Å²) in [5, 5.41) is 10.3. The van der Waals surface area contributed by atoms with Crippen molar-refractivity contribution in [2.75, 3.05) is 6.61 Å². The molecule has 1 heterocycles. The Hall–Kier alpha value is -0.560. The van der Waals surface area contributed by atoms with Gasteiger partial charge in [-0.3, -0.25) is 0 Å². The van der Waals surface area contributed by atoms with E-state index in [0.29, 0.717) is 6.42 Å². The second-order valence-electron chi connectivity index (χ2n) is 4.94. The van der Waals surface area contributed by atoms with Gasteiger partial charge < -0.3 is 14.6 Å². The zero-order valence-electron chi connectivity index (χ0n) is 10.9. The third-order valence-corrected chi connectivity index (χ3v) is 3.18. The van der Waals surface area contributed by atoms with Crippen LogP contribution in [-0.2, 0) is 9.47 Å².